The second kappa shape index (κ2) is 5.74. The molecule has 2 aromatic rings. The van der Waals surface area contributed by atoms with E-state index in [1.807, 2.05) is 12.1 Å². The van der Waals surface area contributed by atoms with Crippen LogP contribution in [-0.2, 0) is 6.42 Å². The maximum absolute atomic E-state index is 5.63. The Bertz CT molecular complexity index is 526. The highest BCUT2D eigenvalue weighted by atomic mass is 15.1. The van der Waals surface area contributed by atoms with Gasteiger partial charge in [-0.25, -0.2) is 0 Å². The van der Waals surface area contributed by atoms with Crippen LogP contribution < -0.4 is 10.6 Å². The third-order valence-electron chi connectivity index (χ3n) is 3.20. The molecule has 19 heavy (non-hydrogen) atoms. The van der Waals surface area contributed by atoms with Gasteiger partial charge in [-0.15, -0.1) is 0 Å². The van der Waals surface area contributed by atoms with Gasteiger partial charge in [-0.3, -0.25) is 4.98 Å². The van der Waals surface area contributed by atoms with Crippen LogP contribution in [0.5, 0.6) is 0 Å². The van der Waals surface area contributed by atoms with Crippen molar-refractivity contribution in [3.8, 4) is 0 Å². The summed E-state index contributed by atoms with van der Waals surface area (Å²) in [5.74, 6) is 0. The van der Waals surface area contributed by atoms with E-state index in [9.17, 15) is 0 Å². The molecule has 0 radical (unpaired) electrons. The van der Waals surface area contributed by atoms with Gasteiger partial charge in [-0.2, -0.15) is 0 Å². The number of aromatic nitrogens is 1. The summed E-state index contributed by atoms with van der Waals surface area (Å²) < 4.78 is 0. The number of likely N-dealkylation sites (N-methyl/N-ethyl adjacent to an activating group) is 1. The van der Waals surface area contributed by atoms with E-state index in [1.165, 1.54) is 16.8 Å². The van der Waals surface area contributed by atoms with Gasteiger partial charge in [-0.1, -0.05) is 6.07 Å². The first-order valence-electron chi connectivity index (χ1n) is 6.54. The van der Waals surface area contributed by atoms with Crippen LogP contribution in [0.15, 0.2) is 36.5 Å². The molecule has 0 aliphatic heterocycles. The first-order valence-corrected chi connectivity index (χ1v) is 6.54. The van der Waals surface area contributed by atoms with Crippen molar-refractivity contribution in [1.29, 1.82) is 0 Å². The maximum Gasteiger partial charge on any atom is 0.0501 e. The average Bonchev–Trinajstić information content (AvgIpc) is 2.36. The van der Waals surface area contributed by atoms with Gasteiger partial charge in [-0.05, 0) is 49.2 Å². The Balaban J connectivity index is 2.00. The number of nitrogen functional groups attached to an aromatic ring is 1. The minimum atomic E-state index is 0.714. The molecule has 2 N–H and O–H groups in total. The summed E-state index contributed by atoms with van der Waals surface area (Å²) >= 11 is 0. The van der Waals surface area contributed by atoms with Crippen molar-refractivity contribution in [2.75, 3.05) is 24.2 Å². The number of pyridine rings is 1. The van der Waals surface area contributed by atoms with E-state index in [2.05, 4.69) is 49.0 Å². The number of anilines is 2. The second-order valence-electron chi connectivity index (χ2n) is 5.10. The summed E-state index contributed by atoms with van der Waals surface area (Å²) in [5, 5.41) is 0. The third kappa shape index (κ3) is 3.71. The zero-order valence-electron chi connectivity index (χ0n) is 11.9. The van der Waals surface area contributed by atoms with Gasteiger partial charge in [0, 0.05) is 31.4 Å². The Morgan fingerprint density at radius 2 is 1.79 bits per heavy atom. The van der Waals surface area contributed by atoms with E-state index in [1.54, 1.807) is 6.20 Å². The molecule has 0 bridgehead atoms. The van der Waals surface area contributed by atoms with E-state index in [4.69, 9.17) is 5.73 Å². The Kier molecular flexibility index (Phi) is 4.05. The van der Waals surface area contributed by atoms with Crippen molar-refractivity contribution < 1.29 is 0 Å². The van der Waals surface area contributed by atoms with E-state index in [-0.39, 0.29) is 0 Å². The molecule has 0 amide bonds. The van der Waals surface area contributed by atoms with Crippen molar-refractivity contribution in [2.24, 2.45) is 0 Å². The molecular weight excluding hydrogens is 234 g/mol. The van der Waals surface area contributed by atoms with Gasteiger partial charge in [0.05, 0.1) is 11.9 Å². The predicted octanol–water partition coefficient (Wildman–Crippen LogP) is 2.96. The molecular formula is C16H21N3. The molecule has 0 fully saturated rings. The third-order valence-corrected chi connectivity index (χ3v) is 3.20. The number of nitrogens with zero attached hydrogens (tertiary/aromatic N) is 2. The Morgan fingerprint density at radius 1 is 1.11 bits per heavy atom. The number of rotatable bonds is 4. The van der Waals surface area contributed by atoms with Gasteiger partial charge in [0.2, 0.25) is 0 Å². The molecule has 0 unspecified atom stereocenters. The largest absolute Gasteiger partial charge is 0.397 e. The monoisotopic (exact) mass is 255 g/mol. The van der Waals surface area contributed by atoms with Gasteiger partial charge in [0.1, 0.15) is 0 Å². The first kappa shape index (κ1) is 13.4. The van der Waals surface area contributed by atoms with Crippen LogP contribution in [0.3, 0.4) is 0 Å². The topological polar surface area (TPSA) is 42.1 Å². The standard InChI is InChI=1S/C16H21N3/c1-12-8-13(2)10-16(9-12)19(3)7-6-15-5-4-14(17)11-18-15/h4-5,8-11H,6-7,17H2,1-3H3. The SMILES string of the molecule is Cc1cc(C)cc(N(C)CCc2ccc(N)cn2)c1. The molecule has 0 saturated carbocycles. The molecule has 1 aromatic carbocycles. The van der Waals surface area contributed by atoms with Crippen molar-refractivity contribution in [3.63, 3.8) is 0 Å². The van der Waals surface area contributed by atoms with Crippen molar-refractivity contribution >= 4 is 11.4 Å². The van der Waals surface area contributed by atoms with Crippen molar-refractivity contribution in [3.05, 3.63) is 53.3 Å². The summed E-state index contributed by atoms with van der Waals surface area (Å²) in [6, 6.07) is 10.5. The molecule has 2 rings (SSSR count). The second-order valence-corrected chi connectivity index (χ2v) is 5.10. The van der Waals surface area contributed by atoms with Crippen LogP contribution in [0.1, 0.15) is 16.8 Å². The van der Waals surface area contributed by atoms with Crippen LogP contribution in [0, 0.1) is 13.8 Å². The highest BCUT2D eigenvalue weighted by Crippen LogP contribution is 2.17. The number of nitrogens with two attached hydrogens (primary N) is 1. The normalized spacial score (nSPS) is 10.5. The lowest BCUT2D eigenvalue weighted by Gasteiger charge is -2.20. The minimum Gasteiger partial charge on any atom is -0.397 e. The van der Waals surface area contributed by atoms with Crippen LogP contribution in [0.25, 0.3) is 0 Å². The number of benzene rings is 1. The van der Waals surface area contributed by atoms with Crippen LogP contribution in [-0.4, -0.2) is 18.6 Å². The molecule has 3 nitrogen and oxygen atoms in total. The van der Waals surface area contributed by atoms with Gasteiger partial charge < -0.3 is 10.6 Å². The van der Waals surface area contributed by atoms with Crippen LogP contribution >= 0.6 is 0 Å². The van der Waals surface area contributed by atoms with Crippen LogP contribution in [0.2, 0.25) is 0 Å². The fourth-order valence-electron chi connectivity index (χ4n) is 2.17. The van der Waals surface area contributed by atoms with Crippen molar-refractivity contribution in [2.45, 2.75) is 20.3 Å². The smallest absolute Gasteiger partial charge is 0.0501 e. The summed E-state index contributed by atoms with van der Waals surface area (Å²) in [6.45, 7) is 5.21. The lowest BCUT2D eigenvalue weighted by molar-refractivity contribution is 0.852. The summed E-state index contributed by atoms with van der Waals surface area (Å²) in [4.78, 5) is 6.59. The summed E-state index contributed by atoms with van der Waals surface area (Å²) in [5.41, 5.74) is 11.3. The van der Waals surface area contributed by atoms with Crippen LogP contribution in [0.4, 0.5) is 11.4 Å². The Hall–Kier alpha value is -2.03. The predicted molar refractivity (Wildman–Crippen MR) is 81.5 cm³/mol. The van der Waals surface area contributed by atoms with E-state index >= 15 is 0 Å². The molecule has 100 valence electrons. The quantitative estimate of drug-likeness (QED) is 0.913. The molecule has 1 heterocycles. The molecule has 0 spiro atoms. The Labute approximate surface area is 115 Å². The Morgan fingerprint density at radius 3 is 2.37 bits per heavy atom. The molecule has 0 aliphatic rings. The van der Waals surface area contributed by atoms with E-state index in [0.717, 1.165) is 18.7 Å². The lowest BCUT2D eigenvalue weighted by Crippen LogP contribution is -2.20. The summed E-state index contributed by atoms with van der Waals surface area (Å²) in [7, 11) is 2.12. The summed E-state index contributed by atoms with van der Waals surface area (Å²) in [6.07, 6.45) is 2.63. The molecule has 0 saturated heterocycles. The molecule has 0 atom stereocenters. The van der Waals surface area contributed by atoms with Gasteiger partial charge in [0.25, 0.3) is 0 Å². The van der Waals surface area contributed by atoms with E-state index < -0.39 is 0 Å². The number of hydrogen-bond donors (Lipinski definition) is 1. The zero-order chi connectivity index (χ0) is 13.8. The fourth-order valence-corrected chi connectivity index (χ4v) is 2.17. The molecule has 0 aliphatic carbocycles. The number of hydrogen-bond acceptors (Lipinski definition) is 3. The maximum atomic E-state index is 5.63. The zero-order valence-corrected chi connectivity index (χ0v) is 11.9. The average molecular weight is 255 g/mol. The first-order chi connectivity index (χ1) is 9.04. The van der Waals surface area contributed by atoms with E-state index in [0.29, 0.717) is 5.69 Å². The molecule has 3 heteroatoms. The highest BCUT2D eigenvalue weighted by molar-refractivity contribution is 5.50. The van der Waals surface area contributed by atoms with Gasteiger partial charge in [0.15, 0.2) is 0 Å². The fraction of sp³-hybridized carbons (Fsp3) is 0.312. The lowest BCUT2D eigenvalue weighted by atomic mass is 10.1. The van der Waals surface area contributed by atoms with Crippen molar-refractivity contribution in [1.82, 2.24) is 4.98 Å². The number of aryl methyl sites for hydroxylation is 2. The molecule has 1 aromatic heterocycles. The minimum absolute atomic E-state index is 0.714. The van der Waals surface area contributed by atoms with Gasteiger partial charge >= 0.3 is 0 Å². The highest BCUT2D eigenvalue weighted by Gasteiger charge is 2.03.